The number of carbonyl (C=O) groups is 2. The SMILES string of the molecule is O=C(CN1CCCCCCC1=O)Nc1nc(-c2ccc[nH]2)cs1. The highest BCUT2D eigenvalue weighted by Gasteiger charge is 2.19. The van der Waals surface area contributed by atoms with Crippen molar-refractivity contribution in [3.05, 3.63) is 23.7 Å². The van der Waals surface area contributed by atoms with E-state index in [0.29, 0.717) is 18.1 Å². The van der Waals surface area contributed by atoms with Crippen LogP contribution in [0.1, 0.15) is 32.1 Å². The number of H-pyrrole nitrogens is 1. The smallest absolute Gasteiger partial charge is 0.245 e. The number of thiazole rings is 1. The van der Waals surface area contributed by atoms with Gasteiger partial charge in [-0.25, -0.2) is 4.98 Å². The molecule has 1 aliphatic heterocycles. The van der Waals surface area contributed by atoms with Crippen LogP contribution in [0.2, 0.25) is 0 Å². The number of hydrogen-bond donors (Lipinski definition) is 2. The van der Waals surface area contributed by atoms with Gasteiger partial charge in [-0.05, 0) is 25.0 Å². The third kappa shape index (κ3) is 4.19. The maximum atomic E-state index is 12.2. The van der Waals surface area contributed by atoms with Crippen molar-refractivity contribution in [1.82, 2.24) is 14.9 Å². The Morgan fingerprint density at radius 2 is 2.22 bits per heavy atom. The molecule has 2 N–H and O–H groups in total. The number of carbonyl (C=O) groups excluding carboxylic acids is 2. The summed E-state index contributed by atoms with van der Waals surface area (Å²) in [6.45, 7) is 0.772. The number of amides is 2. The fourth-order valence-electron chi connectivity index (χ4n) is 2.66. The fourth-order valence-corrected chi connectivity index (χ4v) is 3.39. The highest BCUT2D eigenvalue weighted by atomic mass is 32.1. The monoisotopic (exact) mass is 332 g/mol. The van der Waals surface area contributed by atoms with Gasteiger partial charge >= 0.3 is 0 Å². The van der Waals surface area contributed by atoms with Crippen LogP contribution in [0.3, 0.4) is 0 Å². The van der Waals surface area contributed by atoms with Crippen LogP contribution in [0.5, 0.6) is 0 Å². The molecule has 1 saturated heterocycles. The van der Waals surface area contributed by atoms with E-state index in [9.17, 15) is 9.59 Å². The van der Waals surface area contributed by atoms with Crippen molar-refractivity contribution >= 4 is 28.3 Å². The first-order valence-electron chi connectivity index (χ1n) is 7.89. The zero-order valence-corrected chi connectivity index (χ0v) is 13.7. The lowest BCUT2D eigenvalue weighted by atomic mass is 10.1. The lowest BCUT2D eigenvalue weighted by Crippen LogP contribution is -2.39. The van der Waals surface area contributed by atoms with E-state index < -0.39 is 0 Å². The van der Waals surface area contributed by atoms with E-state index >= 15 is 0 Å². The van der Waals surface area contributed by atoms with E-state index in [4.69, 9.17) is 0 Å². The molecule has 6 nitrogen and oxygen atoms in total. The largest absolute Gasteiger partial charge is 0.360 e. The van der Waals surface area contributed by atoms with E-state index in [1.807, 2.05) is 23.7 Å². The van der Waals surface area contributed by atoms with E-state index in [0.717, 1.165) is 37.1 Å². The summed E-state index contributed by atoms with van der Waals surface area (Å²) in [5.74, 6) is -0.114. The molecule has 0 atom stereocenters. The molecule has 0 radical (unpaired) electrons. The Labute approximate surface area is 138 Å². The Hall–Kier alpha value is -2.15. The molecule has 3 heterocycles. The predicted octanol–water partition coefficient (Wildman–Crippen LogP) is 2.87. The van der Waals surface area contributed by atoms with Crippen LogP contribution in [-0.4, -0.2) is 39.8 Å². The average molecular weight is 332 g/mol. The molecule has 0 aromatic carbocycles. The summed E-state index contributed by atoms with van der Waals surface area (Å²) in [5, 5.41) is 5.24. The molecule has 2 aromatic rings. The van der Waals surface area contributed by atoms with Crippen molar-refractivity contribution in [2.75, 3.05) is 18.4 Å². The Morgan fingerprint density at radius 3 is 3.04 bits per heavy atom. The molecular formula is C16H20N4O2S. The summed E-state index contributed by atoms with van der Waals surface area (Å²) >= 11 is 1.38. The van der Waals surface area contributed by atoms with Crippen LogP contribution in [0.25, 0.3) is 11.4 Å². The van der Waals surface area contributed by atoms with Gasteiger partial charge in [0.1, 0.15) is 0 Å². The summed E-state index contributed by atoms with van der Waals surface area (Å²) in [6.07, 6.45) is 6.49. The Balaban J connectivity index is 1.57. The van der Waals surface area contributed by atoms with Gasteiger partial charge in [0.15, 0.2) is 5.13 Å². The molecule has 1 aliphatic rings. The van der Waals surface area contributed by atoms with Crippen molar-refractivity contribution in [2.24, 2.45) is 0 Å². The maximum Gasteiger partial charge on any atom is 0.245 e. The van der Waals surface area contributed by atoms with Crippen molar-refractivity contribution in [2.45, 2.75) is 32.1 Å². The molecule has 1 fully saturated rings. The minimum atomic E-state index is -0.189. The number of likely N-dealkylation sites (tertiary alicyclic amines) is 1. The number of aromatic amines is 1. The molecule has 0 spiro atoms. The van der Waals surface area contributed by atoms with Crippen molar-refractivity contribution in [1.29, 1.82) is 0 Å². The van der Waals surface area contributed by atoms with Crippen LogP contribution in [-0.2, 0) is 9.59 Å². The summed E-state index contributed by atoms with van der Waals surface area (Å²) in [5.41, 5.74) is 1.72. The second-order valence-corrected chi connectivity index (χ2v) is 6.51. The molecule has 2 aromatic heterocycles. The van der Waals surface area contributed by atoms with Crippen LogP contribution in [0, 0.1) is 0 Å². The topological polar surface area (TPSA) is 78.1 Å². The van der Waals surface area contributed by atoms with Gasteiger partial charge in [-0.2, -0.15) is 0 Å². The molecule has 0 bridgehead atoms. The number of rotatable bonds is 4. The highest BCUT2D eigenvalue weighted by Crippen LogP contribution is 2.23. The fraction of sp³-hybridized carbons (Fsp3) is 0.438. The second-order valence-electron chi connectivity index (χ2n) is 5.65. The molecule has 7 heteroatoms. The third-order valence-corrected chi connectivity index (χ3v) is 4.64. The molecule has 0 aliphatic carbocycles. The lowest BCUT2D eigenvalue weighted by molar-refractivity contribution is -0.135. The van der Waals surface area contributed by atoms with Crippen LogP contribution in [0.15, 0.2) is 23.7 Å². The van der Waals surface area contributed by atoms with E-state index in [1.165, 1.54) is 11.3 Å². The van der Waals surface area contributed by atoms with Gasteiger partial charge in [0.05, 0.1) is 17.9 Å². The summed E-state index contributed by atoms with van der Waals surface area (Å²) < 4.78 is 0. The third-order valence-electron chi connectivity index (χ3n) is 3.88. The van der Waals surface area contributed by atoms with Crippen LogP contribution >= 0.6 is 11.3 Å². The Bertz CT molecular complexity index is 665. The lowest BCUT2D eigenvalue weighted by Gasteiger charge is -2.23. The molecular weight excluding hydrogens is 312 g/mol. The zero-order valence-electron chi connectivity index (χ0n) is 12.9. The molecule has 2 amide bonds. The second kappa shape index (κ2) is 7.41. The highest BCUT2D eigenvalue weighted by molar-refractivity contribution is 7.14. The standard InChI is InChI=1S/C16H20N4O2S/c21-14(10-20-9-4-2-1-3-7-15(20)22)19-16-18-13(11-23-16)12-6-5-8-17-12/h5-6,8,11,17H,1-4,7,9-10H2,(H,18,19,21). The first-order chi connectivity index (χ1) is 11.2. The number of nitrogens with zero attached hydrogens (tertiary/aromatic N) is 2. The van der Waals surface area contributed by atoms with Gasteiger partial charge in [-0.3, -0.25) is 9.59 Å². The molecule has 0 saturated carbocycles. The number of nitrogens with one attached hydrogen (secondary N) is 2. The number of anilines is 1. The van der Waals surface area contributed by atoms with Gasteiger partial charge in [-0.15, -0.1) is 11.3 Å². The normalized spacial score (nSPS) is 16.0. The van der Waals surface area contributed by atoms with E-state index in [-0.39, 0.29) is 18.4 Å². The zero-order chi connectivity index (χ0) is 16.1. The Kier molecular flexibility index (Phi) is 5.07. The maximum absolute atomic E-state index is 12.2. The first-order valence-corrected chi connectivity index (χ1v) is 8.77. The number of hydrogen-bond acceptors (Lipinski definition) is 4. The summed E-state index contributed by atoms with van der Waals surface area (Å²) in [4.78, 5) is 33.4. The molecule has 122 valence electrons. The minimum absolute atomic E-state index is 0.0751. The van der Waals surface area contributed by atoms with E-state index in [2.05, 4.69) is 15.3 Å². The van der Waals surface area contributed by atoms with Crippen LogP contribution in [0.4, 0.5) is 5.13 Å². The van der Waals surface area contributed by atoms with Crippen LogP contribution < -0.4 is 5.32 Å². The predicted molar refractivity (Wildman–Crippen MR) is 90.2 cm³/mol. The Morgan fingerprint density at radius 1 is 1.35 bits per heavy atom. The molecule has 0 unspecified atom stereocenters. The quantitative estimate of drug-likeness (QED) is 0.903. The van der Waals surface area contributed by atoms with E-state index in [1.54, 1.807) is 4.90 Å². The van der Waals surface area contributed by atoms with Gasteiger partial charge in [-0.1, -0.05) is 12.8 Å². The number of aromatic nitrogens is 2. The average Bonchev–Trinajstić information content (AvgIpc) is 3.18. The summed E-state index contributed by atoms with van der Waals surface area (Å²) in [6, 6.07) is 3.83. The van der Waals surface area contributed by atoms with Gasteiger partial charge < -0.3 is 15.2 Å². The van der Waals surface area contributed by atoms with Crippen molar-refractivity contribution in [3.63, 3.8) is 0 Å². The van der Waals surface area contributed by atoms with Crippen molar-refractivity contribution in [3.8, 4) is 11.4 Å². The van der Waals surface area contributed by atoms with Gasteiger partial charge in [0.2, 0.25) is 11.8 Å². The summed E-state index contributed by atoms with van der Waals surface area (Å²) in [7, 11) is 0. The minimum Gasteiger partial charge on any atom is -0.360 e. The molecule has 3 rings (SSSR count). The molecule has 23 heavy (non-hydrogen) atoms. The van der Waals surface area contributed by atoms with Gasteiger partial charge in [0.25, 0.3) is 0 Å². The first kappa shape index (κ1) is 15.7. The van der Waals surface area contributed by atoms with Crippen molar-refractivity contribution < 1.29 is 9.59 Å². The van der Waals surface area contributed by atoms with Gasteiger partial charge in [0, 0.05) is 24.5 Å².